The quantitative estimate of drug-likeness (QED) is 0.696. The Bertz CT molecular complexity index is 265. The zero-order valence-corrected chi connectivity index (χ0v) is 8.79. The van der Waals surface area contributed by atoms with Crippen molar-refractivity contribution in [2.75, 3.05) is 13.7 Å². The number of aromatic nitrogens is 2. The van der Waals surface area contributed by atoms with Crippen molar-refractivity contribution >= 4 is 0 Å². The van der Waals surface area contributed by atoms with Gasteiger partial charge in [-0.05, 0) is 13.5 Å². The molecule has 0 saturated heterocycles. The van der Waals surface area contributed by atoms with Crippen LogP contribution in [0, 0.1) is 0 Å². The number of rotatable bonds is 6. The lowest BCUT2D eigenvalue weighted by Gasteiger charge is -2.05. The monoisotopic (exact) mass is 195 g/mol. The molecule has 0 radical (unpaired) electrons. The summed E-state index contributed by atoms with van der Waals surface area (Å²) in [6.45, 7) is 3.57. The van der Waals surface area contributed by atoms with Gasteiger partial charge in [-0.2, -0.15) is 0 Å². The number of hydrogen-bond donors (Lipinski definition) is 1. The minimum absolute atomic E-state index is 0.617. The first kappa shape index (κ1) is 10.9. The van der Waals surface area contributed by atoms with Gasteiger partial charge in [0, 0.05) is 12.7 Å². The Morgan fingerprint density at radius 3 is 3.00 bits per heavy atom. The van der Waals surface area contributed by atoms with Crippen LogP contribution in [0.4, 0.5) is 0 Å². The average molecular weight is 195 g/mol. The highest BCUT2D eigenvalue weighted by molar-refractivity contribution is 5.08. The van der Waals surface area contributed by atoms with E-state index < -0.39 is 0 Å². The lowest BCUT2D eigenvalue weighted by molar-refractivity contribution is 0.295. The minimum atomic E-state index is 0.617. The van der Waals surface area contributed by atoms with Gasteiger partial charge in [-0.3, -0.25) is 4.98 Å². The van der Waals surface area contributed by atoms with Crippen LogP contribution >= 0.6 is 0 Å². The van der Waals surface area contributed by atoms with Crippen LogP contribution in [0.2, 0.25) is 0 Å². The van der Waals surface area contributed by atoms with Gasteiger partial charge in [0.15, 0.2) is 0 Å². The molecule has 4 heteroatoms. The molecule has 0 amide bonds. The van der Waals surface area contributed by atoms with Gasteiger partial charge in [-0.25, -0.2) is 4.98 Å². The van der Waals surface area contributed by atoms with Gasteiger partial charge in [0.1, 0.15) is 0 Å². The molecule has 0 aromatic carbocycles. The summed E-state index contributed by atoms with van der Waals surface area (Å²) in [5.41, 5.74) is 0.904. The van der Waals surface area contributed by atoms with Crippen LogP contribution < -0.4 is 10.1 Å². The molecule has 4 nitrogen and oxygen atoms in total. The van der Waals surface area contributed by atoms with E-state index in [1.807, 2.05) is 7.05 Å². The second-order valence-electron chi connectivity index (χ2n) is 3.08. The fourth-order valence-electron chi connectivity index (χ4n) is 1.04. The Morgan fingerprint density at radius 2 is 2.29 bits per heavy atom. The summed E-state index contributed by atoms with van der Waals surface area (Å²) in [6, 6.07) is 0. The van der Waals surface area contributed by atoms with Crippen molar-refractivity contribution in [3.63, 3.8) is 0 Å². The van der Waals surface area contributed by atoms with E-state index in [9.17, 15) is 0 Å². The van der Waals surface area contributed by atoms with E-state index in [1.54, 1.807) is 12.4 Å². The molecule has 14 heavy (non-hydrogen) atoms. The third-order valence-electron chi connectivity index (χ3n) is 1.77. The summed E-state index contributed by atoms with van der Waals surface area (Å²) in [6.07, 6.45) is 5.57. The van der Waals surface area contributed by atoms with E-state index >= 15 is 0 Å². The Balaban J connectivity index is 2.46. The molecular formula is C10H17N3O. The average Bonchev–Trinajstić information content (AvgIpc) is 2.19. The number of ether oxygens (including phenoxy) is 1. The first-order valence-electron chi connectivity index (χ1n) is 4.95. The van der Waals surface area contributed by atoms with Crippen LogP contribution in [0.15, 0.2) is 12.4 Å². The standard InChI is InChI=1S/C10H17N3O/c1-3-4-5-14-10-8-12-7-9(13-10)6-11-2/h7-8,11H,3-6H2,1-2H3. The van der Waals surface area contributed by atoms with Gasteiger partial charge in [0.2, 0.25) is 5.88 Å². The Hall–Kier alpha value is -1.16. The highest BCUT2D eigenvalue weighted by Crippen LogP contribution is 2.05. The van der Waals surface area contributed by atoms with E-state index in [0.29, 0.717) is 12.5 Å². The van der Waals surface area contributed by atoms with Gasteiger partial charge < -0.3 is 10.1 Å². The number of nitrogens with zero attached hydrogens (tertiary/aromatic N) is 2. The van der Waals surface area contributed by atoms with Crippen molar-refractivity contribution in [3.05, 3.63) is 18.1 Å². The number of unbranched alkanes of at least 4 members (excludes halogenated alkanes) is 1. The van der Waals surface area contributed by atoms with E-state index in [2.05, 4.69) is 22.2 Å². The molecule has 1 N–H and O–H groups in total. The zero-order valence-electron chi connectivity index (χ0n) is 8.79. The molecule has 0 aliphatic rings. The SMILES string of the molecule is CCCCOc1cncc(CNC)n1. The molecule has 78 valence electrons. The summed E-state index contributed by atoms with van der Waals surface area (Å²) in [7, 11) is 1.88. The molecule has 1 rings (SSSR count). The lowest BCUT2D eigenvalue weighted by Crippen LogP contribution is -2.08. The molecule has 1 aromatic rings. The predicted octanol–water partition coefficient (Wildman–Crippen LogP) is 1.37. The van der Waals surface area contributed by atoms with Gasteiger partial charge in [-0.1, -0.05) is 13.3 Å². The molecule has 0 fully saturated rings. The minimum Gasteiger partial charge on any atom is -0.477 e. The molecular weight excluding hydrogens is 178 g/mol. The largest absolute Gasteiger partial charge is 0.477 e. The third kappa shape index (κ3) is 3.70. The first-order chi connectivity index (χ1) is 6.86. The molecule has 0 aliphatic heterocycles. The van der Waals surface area contributed by atoms with Crippen molar-refractivity contribution in [1.29, 1.82) is 0 Å². The van der Waals surface area contributed by atoms with Crippen molar-refractivity contribution in [2.24, 2.45) is 0 Å². The fraction of sp³-hybridized carbons (Fsp3) is 0.600. The fourth-order valence-corrected chi connectivity index (χ4v) is 1.04. The van der Waals surface area contributed by atoms with Crippen LogP contribution in [0.3, 0.4) is 0 Å². The van der Waals surface area contributed by atoms with Gasteiger partial charge in [0.05, 0.1) is 18.5 Å². The summed E-state index contributed by atoms with van der Waals surface area (Å²) >= 11 is 0. The molecule has 0 spiro atoms. The van der Waals surface area contributed by atoms with E-state index in [0.717, 1.165) is 25.1 Å². The van der Waals surface area contributed by atoms with Crippen molar-refractivity contribution < 1.29 is 4.74 Å². The highest BCUT2D eigenvalue weighted by atomic mass is 16.5. The van der Waals surface area contributed by atoms with Crippen LogP contribution in [-0.2, 0) is 6.54 Å². The van der Waals surface area contributed by atoms with Crippen molar-refractivity contribution in [2.45, 2.75) is 26.3 Å². The van der Waals surface area contributed by atoms with Gasteiger partial charge >= 0.3 is 0 Å². The summed E-state index contributed by atoms with van der Waals surface area (Å²) in [5, 5.41) is 3.02. The maximum absolute atomic E-state index is 5.43. The van der Waals surface area contributed by atoms with Crippen LogP contribution in [0.1, 0.15) is 25.5 Å². The molecule has 0 aliphatic carbocycles. The van der Waals surface area contributed by atoms with Crippen molar-refractivity contribution in [3.8, 4) is 5.88 Å². The second-order valence-corrected chi connectivity index (χ2v) is 3.08. The molecule has 1 aromatic heterocycles. The van der Waals surface area contributed by atoms with E-state index in [4.69, 9.17) is 4.74 Å². The first-order valence-corrected chi connectivity index (χ1v) is 4.95. The Kier molecular flexibility index (Phi) is 4.93. The number of nitrogens with one attached hydrogen (secondary N) is 1. The van der Waals surface area contributed by atoms with Crippen LogP contribution in [-0.4, -0.2) is 23.6 Å². The van der Waals surface area contributed by atoms with Gasteiger partial charge in [0.25, 0.3) is 0 Å². The second kappa shape index (κ2) is 6.32. The van der Waals surface area contributed by atoms with Crippen LogP contribution in [0.25, 0.3) is 0 Å². The molecule has 0 atom stereocenters. The number of hydrogen-bond acceptors (Lipinski definition) is 4. The van der Waals surface area contributed by atoms with E-state index in [1.165, 1.54) is 0 Å². The Morgan fingerprint density at radius 1 is 1.43 bits per heavy atom. The van der Waals surface area contributed by atoms with Crippen LogP contribution in [0.5, 0.6) is 5.88 Å². The Labute approximate surface area is 84.7 Å². The molecule has 1 heterocycles. The van der Waals surface area contributed by atoms with E-state index in [-0.39, 0.29) is 0 Å². The maximum atomic E-state index is 5.43. The summed E-state index contributed by atoms with van der Waals surface area (Å²) < 4.78 is 5.43. The summed E-state index contributed by atoms with van der Waals surface area (Å²) in [4.78, 5) is 8.34. The molecule has 0 saturated carbocycles. The smallest absolute Gasteiger partial charge is 0.232 e. The van der Waals surface area contributed by atoms with Crippen molar-refractivity contribution in [1.82, 2.24) is 15.3 Å². The van der Waals surface area contributed by atoms with Gasteiger partial charge in [-0.15, -0.1) is 0 Å². The normalized spacial score (nSPS) is 10.1. The third-order valence-corrected chi connectivity index (χ3v) is 1.77. The summed E-state index contributed by atoms with van der Waals surface area (Å²) in [5.74, 6) is 0.617. The zero-order chi connectivity index (χ0) is 10.2. The lowest BCUT2D eigenvalue weighted by atomic mass is 10.4. The highest BCUT2D eigenvalue weighted by Gasteiger charge is 1.98. The molecule has 0 unspecified atom stereocenters. The molecule has 0 bridgehead atoms. The topological polar surface area (TPSA) is 47.0 Å². The maximum Gasteiger partial charge on any atom is 0.232 e. The predicted molar refractivity (Wildman–Crippen MR) is 55.2 cm³/mol.